The Balaban J connectivity index is 2.02. The van der Waals surface area contributed by atoms with Gasteiger partial charge in [-0.2, -0.15) is 0 Å². The molecule has 24 heavy (non-hydrogen) atoms. The number of methoxy groups -OCH3 is 2. The van der Waals surface area contributed by atoms with Crippen LogP contribution in [0.4, 0.5) is 5.69 Å². The third kappa shape index (κ3) is 4.81. The lowest BCUT2D eigenvalue weighted by Crippen LogP contribution is -2.22. The maximum atomic E-state index is 5.95. The van der Waals surface area contributed by atoms with Gasteiger partial charge in [-0.3, -0.25) is 0 Å². The number of ether oxygens (including phenoxy) is 3. The van der Waals surface area contributed by atoms with Crippen LogP contribution in [0.3, 0.4) is 0 Å². The first-order chi connectivity index (χ1) is 11.7. The van der Waals surface area contributed by atoms with Gasteiger partial charge in [0.15, 0.2) is 17.5 Å². The van der Waals surface area contributed by atoms with Gasteiger partial charge in [0.05, 0.1) is 27.4 Å². The quantitative estimate of drug-likeness (QED) is 0.603. The highest BCUT2D eigenvalue weighted by Crippen LogP contribution is 2.29. The first-order valence-corrected chi connectivity index (χ1v) is 7.67. The molecule has 0 amide bonds. The van der Waals surface area contributed by atoms with Gasteiger partial charge in [-0.15, -0.1) is 0 Å². The van der Waals surface area contributed by atoms with E-state index in [-0.39, 0.29) is 0 Å². The van der Waals surface area contributed by atoms with Crippen LogP contribution in [-0.2, 0) is 6.54 Å². The van der Waals surface area contributed by atoms with Gasteiger partial charge in [-0.05, 0) is 36.8 Å². The molecule has 0 bridgehead atoms. The fourth-order valence-corrected chi connectivity index (χ4v) is 2.18. The van der Waals surface area contributed by atoms with Gasteiger partial charge in [0.2, 0.25) is 0 Å². The summed E-state index contributed by atoms with van der Waals surface area (Å²) in [5, 5.41) is 3.04. The normalized spacial score (nSPS) is 11.0. The van der Waals surface area contributed by atoms with Gasteiger partial charge in [0.1, 0.15) is 5.75 Å². The third-order valence-electron chi connectivity index (χ3n) is 3.30. The van der Waals surface area contributed by atoms with Crippen molar-refractivity contribution in [1.82, 2.24) is 0 Å². The molecule has 0 aromatic heterocycles. The summed E-state index contributed by atoms with van der Waals surface area (Å²) in [4.78, 5) is 4.34. The molecule has 3 N–H and O–H groups in total. The molecule has 0 saturated carbocycles. The van der Waals surface area contributed by atoms with Crippen molar-refractivity contribution in [2.45, 2.75) is 13.5 Å². The summed E-state index contributed by atoms with van der Waals surface area (Å²) in [6.07, 6.45) is 0. The second-order valence-corrected chi connectivity index (χ2v) is 4.98. The predicted octanol–water partition coefficient (Wildman–Crippen LogP) is 3.03. The van der Waals surface area contributed by atoms with E-state index in [9.17, 15) is 0 Å². The molecule has 0 radical (unpaired) electrons. The number of nitrogens with zero attached hydrogens (tertiary/aromatic N) is 1. The standard InChI is InChI=1S/C18H23N3O3/c1-4-24-15-7-5-6-13(10-15)12-20-18(19)21-14-8-9-16(22-2)17(11-14)23-3/h5-11H,4,12H2,1-3H3,(H3,19,20,21). The molecular weight excluding hydrogens is 306 g/mol. The second kappa shape index (κ2) is 8.67. The number of nitrogens with two attached hydrogens (primary N) is 1. The molecule has 0 aliphatic carbocycles. The molecule has 0 spiro atoms. The van der Waals surface area contributed by atoms with Crippen molar-refractivity contribution < 1.29 is 14.2 Å². The lowest BCUT2D eigenvalue weighted by molar-refractivity contribution is 0.340. The summed E-state index contributed by atoms with van der Waals surface area (Å²) in [6.45, 7) is 3.05. The lowest BCUT2D eigenvalue weighted by atomic mass is 10.2. The molecule has 0 atom stereocenters. The number of benzene rings is 2. The first kappa shape index (κ1) is 17.5. The lowest BCUT2D eigenvalue weighted by Gasteiger charge is -2.11. The van der Waals surface area contributed by atoms with Crippen molar-refractivity contribution in [2.24, 2.45) is 10.7 Å². The molecule has 0 unspecified atom stereocenters. The molecule has 6 nitrogen and oxygen atoms in total. The van der Waals surface area contributed by atoms with E-state index in [1.54, 1.807) is 26.4 Å². The highest BCUT2D eigenvalue weighted by atomic mass is 16.5. The minimum Gasteiger partial charge on any atom is -0.494 e. The van der Waals surface area contributed by atoms with Crippen LogP contribution in [0.5, 0.6) is 17.2 Å². The summed E-state index contributed by atoms with van der Waals surface area (Å²) < 4.78 is 15.9. The highest BCUT2D eigenvalue weighted by Gasteiger charge is 2.05. The van der Waals surface area contributed by atoms with Crippen molar-refractivity contribution in [3.63, 3.8) is 0 Å². The molecule has 2 aromatic carbocycles. The SMILES string of the molecule is CCOc1cccc(CN=C(N)Nc2ccc(OC)c(OC)c2)c1. The van der Waals surface area contributed by atoms with E-state index < -0.39 is 0 Å². The van der Waals surface area contributed by atoms with E-state index in [0.29, 0.717) is 30.6 Å². The number of nitrogens with one attached hydrogen (secondary N) is 1. The zero-order valence-electron chi connectivity index (χ0n) is 14.2. The molecule has 6 heteroatoms. The van der Waals surface area contributed by atoms with Crippen molar-refractivity contribution in [3.8, 4) is 17.2 Å². The summed E-state index contributed by atoms with van der Waals surface area (Å²) >= 11 is 0. The molecule has 0 heterocycles. The minimum absolute atomic E-state index is 0.323. The van der Waals surface area contributed by atoms with Crippen LogP contribution in [0, 0.1) is 0 Å². The van der Waals surface area contributed by atoms with E-state index in [4.69, 9.17) is 19.9 Å². The summed E-state index contributed by atoms with van der Waals surface area (Å²) in [5.41, 5.74) is 7.75. The van der Waals surface area contributed by atoms with Gasteiger partial charge in [0, 0.05) is 11.8 Å². The number of hydrogen-bond donors (Lipinski definition) is 2. The topological polar surface area (TPSA) is 78.1 Å². The fraction of sp³-hybridized carbons (Fsp3) is 0.278. The molecule has 2 rings (SSSR count). The van der Waals surface area contributed by atoms with Crippen LogP contribution in [-0.4, -0.2) is 26.8 Å². The average Bonchev–Trinajstić information content (AvgIpc) is 2.60. The molecule has 0 aliphatic rings. The Morgan fingerprint density at radius 1 is 1.08 bits per heavy atom. The van der Waals surface area contributed by atoms with Gasteiger partial charge in [0.25, 0.3) is 0 Å². The Morgan fingerprint density at radius 3 is 2.58 bits per heavy atom. The van der Waals surface area contributed by atoms with Crippen molar-refractivity contribution in [3.05, 3.63) is 48.0 Å². The third-order valence-corrected chi connectivity index (χ3v) is 3.30. The van der Waals surface area contributed by atoms with Crippen molar-refractivity contribution in [1.29, 1.82) is 0 Å². The van der Waals surface area contributed by atoms with Crippen molar-refractivity contribution >= 4 is 11.6 Å². The largest absolute Gasteiger partial charge is 0.494 e. The fourth-order valence-electron chi connectivity index (χ4n) is 2.18. The number of aliphatic imine (C=N–C) groups is 1. The Labute approximate surface area is 142 Å². The maximum Gasteiger partial charge on any atom is 0.193 e. The first-order valence-electron chi connectivity index (χ1n) is 7.67. The molecule has 0 fully saturated rings. The number of hydrogen-bond acceptors (Lipinski definition) is 4. The Kier molecular flexibility index (Phi) is 6.31. The number of rotatable bonds is 7. The monoisotopic (exact) mass is 329 g/mol. The molecule has 0 saturated heterocycles. The Morgan fingerprint density at radius 2 is 1.88 bits per heavy atom. The molecule has 0 aliphatic heterocycles. The van der Waals surface area contributed by atoms with Gasteiger partial charge < -0.3 is 25.3 Å². The van der Waals surface area contributed by atoms with Crippen molar-refractivity contribution in [2.75, 3.05) is 26.1 Å². The maximum absolute atomic E-state index is 5.95. The number of anilines is 1. The van der Waals surface area contributed by atoms with E-state index in [1.807, 2.05) is 37.3 Å². The minimum atomic E-state index is 0.323. The van der Waals surface area contributed by atoms with Gasteiger partial charge in [-0.1, -0.05) is 12.1 Å². The molecular formula is C18H23N3O3. The Hall–Kier alpha value is -2.89. The zero-order chi connectivity index (χ0) is 17.4. The predicted molar refractivity (Wildman–Crippen MR) is 96.1 cm³/mol. The van der Waals surface area contributed by atoms with E-state index in [2.05, 4.69) is 10.3 Å². The van der Waals surface area contributed by atoms with Crippen LogP contribution in [0.1, 0.15) is 12.5 Å². The zero-order valence-corrected chi connectivity index (χ0v) is 14.2. The highest BCUT2D eigenvalue weighted by molar-refractivity contribution is 5.92. The average molecular weight is 329 g/mol. The van der Waals surface area contributed by atoms with E-state index >= 15 is 0 Å². The number of guanidine groups is 1. The van der Waals surface area contributed by atoms with Crippen LogP contribution in [0.2, 0.25) is 0 Å². The second-order valence-electron chi connectivity index (χ2n) is 4.98. The summed E-state index contributed by atoms with van der Waals surface area (Å²) in [7, 11) is 3.18. The van der Waals surface area contributed by atoms with Crippen LogP contribution in [0.25, 0.3) is 0 Å². The molecule has 2 aromatic rings. The van der Waals surface area contributed by atoms with Gasteiger partial charge in [-0.25, -0.2) is 4.99 Å². The van der Waals surface area contributed by atoms with Gasteiger partial charge >= 0.3 is 0 Å². The van der Waals surface area contributed by atoms with Crippen LogP contribution < -0.4 is 25.3 Å². The van der Waals surface area contributed by atoms with Crippen LogP contribution in [0.15, 0.2) is 47.5 Å². The van der Waals surface area contributed by atoms with E-state index in [1.165, 1.54) is 0 Å². The smallest absolute Gasteiger partial charge is 0.193 e. The van der Waals surface area contributed by atoms with Crippen LogP contribution >= 0.6 is 0 Å². The summed E-state index contributed by atoms with van der Waals surface area (Å²) in [5.74, 6) is 2.44. The molecule has 128 valence electrons. The summed E-state index contributed by atoms with van der Waals surface area (Å²) in [6, 6.07) is 13.2. The van der Waals surface area contributed by atoms with E-state index in [0.717, 1.165) is 17.0 Å². The Bertz CT molecular complexity index is 702.